The van der Waals surface area contributed by atoms with E-state index in [4.69, 9.17) is 11.6 Å². The Balaban J connectivity index is 1.33. The number of carbonyl (C=O) groups excluding carboxylic acids is 1. The van der Waals surface area contributed by atoms with Gasteiger partial charge in [0.2, 0.25) is 0 Å². The number of anilines is 2. The predicted octanol–water partition coefficient (Wildman–Crippen LogP) is 4.58. The van der Waals surface area contributed by atoms with E-state index in [2.05, 4.69) is 15.6 Å². The van der Waals surface area contributed by atoms with E-state index >= 15 is 0 Å². The number of aromatic nitrogens is 2. The monoisotopic (exact) mass is 587 g/mol. The zero-order chi connectivity index (χ0) is 26.9. The highest BCUT2D eigenvalue weighted by Gasteiger charge is 2.20. The Labute approximate surface area is 228 Å². The lowest BCUT2D eigenvalue weighted by Crippen LogP contribution is -2.34. The quantitative estimate of drug-likeness (QED) is 0.220. The number of nitrogens with zero attached hydrogens (tertiary/aromatic N) is 1. The number of benzene rings is 2. The van der Waals surface area contributed by atoms with Gasteiger partial charge in [-0.3, -0.25) is 4.79 Å². The summed E-state index contributed by atoms with van der Waals surface area (Å²) in [6, 6.07) is 14.7. The lowest BCUT2D eigenvalue weighted by Gasteiger charge is -2.10. The van der Waals surface area contributed by atoms with Gasteiger partial charge < -0.3 is 15.6 Å². The zero-order valence-corrected chi connectivity index (χ0v) is 22.4. The van der Waals surface area contributed by atoms with Gasteiger partial charge in [0.15, 0.2) is 0 Å². The highest BCUT2D eigenvalue weighted by atomic mass is 35.5. The van der Waals surface area contributed by atoms with Gasteiger partial charge in [-0.15, -0.1) is 11.3 Å². The first-order valence-electron chi connectivity index (χ1n) is 10.9. The van der Waals surface area contributed by atoms with Crippen molar-refractivity contribution in [1.82, 2.24) is 14.3 Å². The number of rotatable bonds is 7. The minimum Gasteiger partial charge on any atom is -0.381 e. The Morgan fingerprint density at radius 1 is 1.00 bits per heavy atom. The van der Waals surface area contributed by atoms with E-state index in [9.17, 15) is 22.8 Å². The molecule has 10 nitrogen and oxygen atoms in total. The van der Waals surface area contributed by atoms with Crippen molar-refractivity contribution in [2.45, 2.75) is 10.8 Å². The summed E-state index contributed by atoms with van der Waals surface area (Å²) in [6.45, 7) is 0.614. The van der Waals surface area contributed by atoms with Crippen molar-refractivity contribution >= 4 is 72.6 Å². The average Bonchev–Trinajstić information content (AvgIpc) is 3.55. The van der Waals surface area contributed by atoms with Crippen LogP contribution in [0.1, 0.15) is 5.56 Å². The third kappa shape index (κ3) is 5.50. The van der Waals surface area contributed by atoms with Gasteiger partial charge in [0.25, 0.3) is 15.6 Å². The maximum Gasteiger partial charge on any atom is 0.333 e. The fourth-order valence-corrected chi connectivity index (χ4v) is 6.68. The third-order valence-electron chi connectivity index (χ3n) is 5.40. The molecule has 5 rings (SSSR count). The minimum atomic E-state index is -4.08. The van der Waals surface area contributed by atoms with Crippen LogP contribution in [0, 0.1) is 0 Å². The van der Waals surface area contributed by atoms with Crippen molar-refractivity contribution < 1.29 is 13.2 Å². The van der Waals surface area contributed by atoms with Gasteiger partial charge in [0.05, 0.1) is 20.9 Å². The fourth-order valence-electron chi connectivity index (χ4n) is 3.62. The summed E-state index contributed by atoms with van der Waals surface area (Å²) in [6.07, 6.45) is 0. The topological polar surface area (TPSA) is 142 Å². The number of hydrogen-bond acceptors (Lipinski definition) is 8. The summed E-state index contributed by atoms with van der Waals surface area (Å²) >= 11 is 8.18. The molecule has 0 unspecified atom stereocenters. The van der Waals surface area contributed by atoms with E-state index < -0.39 is 27.3 Å². The van der Waals surface area contributed by atoms with Crippen molar-refractivity contribution in [3.05, 3.63) is 102 Å². The van der Waals surface area contributed by atoms with E-state index in [1.54, 1.807) is 29.5 Å². The molecule has 0 bridgehead atoms. The number of aromatic amines is 1. The molecule has 0 saturated carbocycles. The van der Waals surface area contributed by atoms with Gasteiger partial charge in [0.1, 0.15) is 4.21 Å². The molecule has 2 amide bonds. The number of urea groups is 1. The molecule has 3 aromatic heterocycles. The van der Waals surface area contributed by atoms with Crippen LogP contribution in [0.5, 0.6) is 0 Å². The summed E-state index contributed by atoms with van der Waals surface area (Å²) in [4.78, 5) is 40.9. The van der Waals surface area contributed by atoms with Crippen LogP contribution in [0.15, 0.2) is 85.2 Å². The normalized spacial score (nSPS) is 11.4. The van der Waals surface area contributed by atoms with Crippen LogP contribution in [-0.2, 0) is 16.6 Å². The van der Waals surface area contributed by atoms with Crippen molar-refractivity contribution in [1.29, 1.82) is 0 Å². The van der Waals surface area contributed by atoms with Crippen LogP contribution in [-0.4, -0.2) is 24.0 Å². The lowest BCUT2D eigenvalue weighted by molar-refractivity contribution is 0.256. The number of H-pyrrole nitrogens is 1. The predicted molar refractivity (Wildman–Crippen MR) is 150 cm³/mol. The lowest BCUT2D eigenvalue weighted by atomic mass is 10.2. The Bertz CT molecular complexity index is 1860. The molecule has 194 valence electrons. The van der Waals surface area contributed by atoms with E-state index in [0.29, 0.717) is 17.4 Å². The van der Waals surface area contributed by atoms with Gasteiger partial charge in [-0.05, 0) is 77.0 Å². The maximum atomic E-state index is 13.1. The van der Waals surface area contributed by atoms with Crippen molar-refractivity contribution in [2.24, 2.45) is 0 Å². The molecular weight excluding hydrogens is 570 g/mol. The number of nitrogens with one attached hydrogen (secondary N) is 4. The van der Waals surface area contributed by atoms with Gasteiger partial charge in [-0.1, -0.05) is 11.6 Å². The van der Waals surface area contributed by atoms with Crippen LogP contribution < -0.4 is 26.6 Å². The Morgan fingerprint density at radius 3 is 2.45 bits per heavy atom. The molecule has 0 atom stereocenters. The van der Waals surface area contributed by atoms with E-state index in [-0.39, 0.29) is 19.9 Å². The Kier molecular flexibility index (Phi) is 7.08. The number of hydrogen-bond donors (Lipinski definition) is 4. The summed E-state index contributed by atoms with van der Waals surface area (Å²) in [7, 11) is -4.08. The van der Waals surface area contributed by atoms with E-state index in [1.807, 2.05) is 21.5 Å². The number of carbonyl (C=O) groups is 1. The molecule has 2 aromatic carbocycles. The first-order chi connectivity index (χ1) is 18.2. The van der Waals surface area contributed by atoms with Crippen molar-refractivity contribution in [2.75, 3.05) is 10.6 Å². The van der Waals surface area contributed by atoms with Gasteiger partial charge in [-0.25, -0.2) is 27.3 Å². The number of fused-ring (bicyclic) bond motifs is 1. The SMILES string of the molecule is O=C(Nc1ccc(-n2c(=O)[nH]c3cc(NCc4ccsc4)ccc3c2=O)cc1)NS(=O)(=O)c1ccc(Cl)s1. The van der Waals surface area contributed by atoms with Crippen LogP contribution in [0.4, 0.5) is 16.2 Å². The molecule has 0 aliphatic rings. The largest absolute Gasteiger partial charge is 0.381 e. The Morgan fingerprint density at radius 2 is 1.76 bits per heavy atom. The summed E-state index contributed by atoms with van der Waals surface area (Å²) in [5.41, 5.74) is 1.67. The average molecular weight is 588 g/mol. The number of thiophene rings is 2. The molecule has 0 saturated heterocycles. The Hall–Kier alpha value is -3.91. The van der Waals surface area contributed by atoms with Gasteiger partial charge >= 0.3 is 11.7 Å². The molecule has 3 heterocycles. The molecule has 0 aliphatic carbocycles. The molecule has 0 fully saturated rings. The standard InChI is InChI=1S/C24H18ClN5O5S3/c25-20-7-8-21(37-20)38(34,35)29-23(32)27-15-1-4-17(5-2-15)30-22(31)18-6-3-16(11-19(18)28-24(30)33)26-12-14-9-10-36-13-14/h1-11,13,26H,12H2,(H,28,33)(H2,27,29,32). The second-order valence-electron chi connectivity index (χ2n) is 7.98. The van der Waals surface area contributed by atoms with E-state index in [0.717, 1.165) is 27.2 Å². The zero-order valence-electron chi connectivity index (χ0n) is 19.2. The van der Waals surface area contributed by atoms with Crippen LogP contribution in [0.3, 0.4) is 0 Å². The molecule has 0 aliphatic heterocycles. The molecule has 5 aromatic rings. The molecule has 4 N–H and O–H groups in total. The van der Waals surface area contributed by atoms with Crippen molar-refractivity contribution in [3.8, 4) is 5.69 Å². The van der Waals surface area contributed by atoms with Gasteiger partial charge in [0, 0.05) is 17.9 Å². The van der Waals surface area contributed by atoms with Crippen molar-refractivity contribution in [3.63, 3.8) is 0 Å². The fraction of sp³-hybridized carbons (Fsp3) is 0.0417. The summed E-state index contributed by atoms with van der Waals surface area (Å²) in [5.74, 6) is 0. The van der Waals surface area contributed by atoms with Crippen LogP contribution in [0.25, 0.3) is 16.6 Å². The molecule has 0 spiro atoms. The third-order valence-corrected chi connectivity index (χ3v) is 9.18. The molecular formula is C24H18ClN5O5S3. The summed E-state index contributed by atoms with van der Waals surface area (Å²) in [5, 5.41) is 10.0. The summed E-state index contributed by atoms with van der Waals surface area (Å²) < 4.78 is 27.6. The first-order valence-corrected chi connectivity index (χ1v) is 14.6. The number of halogens is 1. The highest BCUT2D eigenvalue weighted by molar-refractivity contribution is 7.92. The number of sulfonamides is 1. The second kappa shape index (κ2) is 10.5. The first kappa shape index (κ1) is 25.7. The van der Waals surface area contributed by atoms with Gasteiger partial charge in [-0.2, -0.15) is 11.3 Å². The highest BCUT2D eigenvalue weighted by Crippen LogP contribution is 2.25. The molecule has 14 heteroatoms. The molecule has 0 radical (unpaired) electrons. The molecule has 38 heavy (non-hydrogen) atoms. The smallest absolute Gasteiger partial charge is 0.333 e. The van der Waals surface area contributed by atoms with Crippen LogP contribution >= 0.6 is 34.3 Å². The van der Waals surface area contributed by atoms with Crippen LogP contribution in [0.2, 0.25) is 4.34 Å². The minimum absolute atomic E-state index is 0.103. The maximum absolute atomic E-state index is 13.1. The van der Waals surface area contributed by atoms with E-state index in [1.165, 1.54) is 36.4 Å². The second-order valence-corrected chi connectivity index (χ2v) is 12.4. The number of amides is 2.